The van der Waals surface area contributed by atoms with Crippen molar-refractivity contribution in [1.29, 1.82) is 0 Å². The zero-order valence-corrected chi connectivity index (χ0v) is 43.8. The van der Waals surface area contributed by atoms with Gasteiger partial charge in [-0.1, -0.05) is 52.0 Å². The summed E-state index contributed by atoms with van der Waals surface area (Å²) < 4.78 is 55.4. The first-order valence-electron chi connectivity index (χ1n) is 26.7. The molecule has 11 rings (SSSR count). The lowest BCUT2D eigenvalue weighted by Crippen LogP contribution is -2.54. The molecule has 0 unspecified atom stereocenters. The van der Waals surface area contributed by atoms with Gasteiger partial charge in [0, 0.05) is 67.2 Å². The maximum Gasteiger partial charge on any atom is 0.297 e. The number of piperidine rings is 1. The molecule has 2 aliphatic carbocycles. The van der Waals surface area contributed by atoms with Crippen molar-refractivity contribution in [2.24, 2.45) is 16.7 Å². The summed E-state index contributed by atoms with van der Waals surface area (Å²) in [5, 5.41) is 20.0. The number of H-pyrrole nitrogens is 1. The second-order valence-corrected chi connectivity index (χ2v) is 24.5. The minimum Gasteiger partial charge on any atom is -0.489 e. The highest BCUT2D eigenvalue weighted by Gasteiger charge is 2.50. The number of carbonyl (C=O) groups is 1. The van der Waals surface area contributed by atoms with Crippen molar-refractivity contribution in [3.8, 4) is 23.1 Å². The zero-order chi connectivity index (χ0) is 51.4. The highest BCUT2D eigenvalue weighted by molar-refractivity contribution is 7.90. The Hall–Kier alpha value is -5.95. The molecule has 3 aromatic carbocycles. The van der Waals surface area contributed by atoms with Crippen LogP contribution < -0.4 is 34.5 Å². The summed E-state index contributed by atoms with van der Waals surface area (Å²) in [6.45, 7) is 14.0. The number of nitro benzene ring substituents is 1. The first-order valence-corrected chi connectivity index (χ1v) is 28.2. The molecule has 5 aromatic rings. The van der Waals surface area contributed by atoms with Gasteiger partial charge in [0.25, 0.3) is 27.5 Å². The Morgan fingerprint density at radius 1 is 0.973 bits per heavy atom. The summed E-state index contributed by atoms with van der Waals surface area (Å²) in [6, 6.07) is 20.8. The molecule has 2 aromatic heterocycles. The SMILES string of the molecule is CC(C)c1ccccc1[C@@H]1CCCN1C1CC2(CCN(c3ccc(C(=O)NS(=O)(=O)c4cc5c(c([N+](=O)[O-])c4)N[C@@H](C4CCC(C)(C)CC4)CO5)c(Oc4cc5cc[nH]c5nc4OC[C@@H]4COCCN4)c3)CC2)C1. The van der Waals surface area contributed by atoms with Crippen LogP contribution in [0.1, 0.15) is 125 Å². The number of sulfonamides is 1. The van der Waals surface area contributed by atoms with Crippen molar-refractivity contribution < 1.29 is 37.1 Å². The number of carbonyl (C=O) groups excluding carboxylic acids is 1. The fourth-order valence-corrected chi connectivity index (χ4v) is 13.7. The van der Waals surface area contributed by atoms with E-state index in [1.54, 1.807) is 24.4 Å². The third-order valence-corrected chi connectivity index (χ3v) is 18.4. The molecule has 3 atom stereocenters. The van der Waals surface area contributed by atoms with E-state index in [1.165, 1.54) is 42.9 Å². The van der Waals surface area contributed by atoms with Gasteiger partial charge in [0.2, 0.25) is 0 Å². The summed E-state index contributed by atoms with van der Waals surface area (Å²) in [4.78, 5) is 38.9. The monoisotopic (exact) mass is 1030 g/mol. The van der Waals surface area contributed by atoms with Gasteiger partial charge < -0.3 is 39.5 Å². The normalized spacial score (nSPS) is 23.2. The molecule has 1 spiro atoms. The topological polar surface area (TPSA) is 203 Å². The van der Waals surface area contributed by atoms with Gasteiger partial charge in [-0.3, -0.25) is 19.8 Å². The van der Waals surface area contributed by atoms with E-state index in [2.05, 4.69) is 82.1 Å². The summed E-state index contributed by atoms with van der Waals surface area (Å²) in [5.41, 5.74) is 4.46. The van der Waals surface area contributed by atoms with Gasteiger partial charge in [0.1, 0.15) is 24.6 Å². The highest BCUT2D eigenvalue weighted by atomic mass is 32.2. The Labute approximate surface area is 433 Å². The van der Waals surface area contributed by atoms with E-state index in [-0.39, 0.29) is 76.4 Å². The van der Waals surface area contributed by atoms with Gasteiger partial charge in [-0.2, -0.15) is 4.98 Å². The van der Waals surface area contributed by atoms with E-state index in [1.807, 2.05) is 12.1 Å². The van der Waals surface area contributed by atoms with E-state index in [0.717, 1.165) is 75.3 Å². The lowest BCUT2D eigenvalue weighted by Gasteiger charge is -2.56. The minimum atomic E-state index is -4.70. The van der Waals surface area contributed by atoms with Gasteiger partial charge in [-0.05, 0) is 129 Å². The summed E-state index contributed by atoms with van der Waals surface area (Å²) >= 11 is 0. The first kappa shape index (κ1) is 50.2. The molecular weight excluding hydrogens is 961 g/mol. The van der Waals surface area contributed by atoms with Crippen LogP contribution in [0.2, 0.25) is 0 Å². The summed E-state index contributed by atoms with van der Waals surface area (Å²) in [6.07, 6.45) is 12.6. The number of pyridine rings is 1. The van der Waals surface area contributed by atoms with E-state index in [0.29, 0.717) is 43.4 Å². The summed E-state index contributed by atoms with van der Waals surface area (Å²) in [5.74, 6) is 0.272. The van der Waals surface area contributed by atoms with E-state index in [4.69, 9.17) is 23.9 Å². The Kier molecular flexibility index (Phi) is 13.8. The molecule has 5 fully saturated rings. The first-order chi connectivity index (χ1) is 35.6. The van der Waals surface area contributed by atoms with Crippen LogP contribution in [0.5, 0.6) is 23.1 Å². The number of ether oxygens (including phenoxy) is 4. The van der Waals surface area contributed by atoms with E-state index in [9.17, 15) is 23.3 Å². The number of fused-ring (bicyclic) bond motifs is 2. The third kappa shape index (κ3) is 10.3. The largest absolute Gasteiger partial charge is 0.489 e. The highest BCUT2D eigenvalue weighted by Crippen LogP contribution is 2.55. The molecule has 18 heteroatoms. The Morgan fingerprint density at radius 2 is 1.77 bits per heavy atom. The van der Waals surface area contributed by atoms with E-state index >= 15 is 0 Å². The van der Waals surface area contributed by atoms with Gasteiger partial charge in [-0.15, -0.1) is 0 Å². The van der Waals surface area contributed by atoms with Crippen molar-refractivity contribution in [2.45, 2.75) is 127 Å². The van der Waals surface area contributed by atoms with Crippen molar-refractivity contribution in [3.63, 3.8) is 0 Å². The average Bonchev–Trinajstić information content (AvgIpc) is 4.07. The lowest BCUT2D eigenvalue weighted by atomic mass is 9.59. The molecule has 4 N–H and O–H groups in total. The lowest BCUT2D eigenvalue weighted by molar-refractivity contribution is -0.384. The van der Waals surface area contributed by atoms with Gasteiger partial charge in [0.05, 0.1) is 40.7 Å². The number of hydrogen-bond donors (Lipinski definition) is 4. The smallest absolute Gasteiger partial charge is 0.297 e. The van der Waals surface area contributed by atoms with Crippen molar-refractivity contribution in [2.75, 3.05) is 62.8 Å². The number of morpholine rings is 1. The summed E-state index contributed by atoms with van der Waals surface area (Å²) in [7, 11) is -4.70. The third-order valence-electron chi connectivity index (χ3n) is 17.1. The predicted octanol–water partition coefficient (Wildman–Crippen LogP) is 9.85. The molecule has 1 amide bonds. The maximum absolute atomic E-state index is 14.5. The second-order valence-electron chi connectivity index (χ2n) is 22.8. The van der Waals surface area contributed by atoms with Crippen LogP contribution in [-0.4, -0.2) is 105 Å². The number of rotatable bonds is 14. The maximum atomic E-state index is 14.5. The molecule has 6 heterocycles. The average molecular weight is 1030 g/mol. The Balaban J connectivity index is 0.843. The molecule has 6 aliphatic rings. The van der Waals surface area contributed by atoms with Crippen molar-refractivity contribution >= 4 is 44.0 Å². The van der Waals surface area contributed by atoms with Crippen LogP contribution in [0.25, 0.3) is 11.0 Å². The number of aromatic amines is 1. The molecule has 394 valence electrons. The number of nitro groups is 1. The van der Waals surface area contributed by atoms with Crippen LogP contribution in [0.4, 0.5) is 17.1 Å². The van der Waals surface area contributed by atoms with Crippen molar-refractivity contribution in [3.05, 3.63) is 99.7 Å². The number of nitrogens with one attached hydrogen (secondary N) is 4. The molecule has 0 bridgehead atoms. The number of benzene rings is 3. The van der Waals surface area contributed by atoms with Crippen LogP contribution in [0.3, 0.4) is 0 Å². The second kappa shape index (κ2) is 20.3. The number of likely N-dealkylation sites (tertiary alicyclic amines) is 1. The van der Waals surface area contributed by atoms with Gasteiger partial charge >= 0.3 is 0 Å². The molecule has 17 nitrogen and oxygen atoms in total. The standard InChI is InChI=1S/C56H70N8O9S/c1-35(2)42-8-5-6-9-43(42)46-10-7-22-63(46)40-30-56(31-40)18-23-62(24-19-56)39-11-12-44(48(27-39)73-50-26-37-15-20-58-52(37)60-54(50)72-33-38-32-70-25-21-57-38)53(65)61-74(68,69)41-28-47(64(66)67)51-49(29-41)71-34-45(59-51)36-13-16-55(3,4)17-14-36/h5-6,8-9,11-12,15,20,26-29,35-36,38,40,45-46,57,59H,7,10,13-14,16-19,21-25,30-34H2,1-4H3,(H,58,60)(H,61,65)/t38-,45+,46-/m0/s1. The fraction of sp³-hybridized carbons (Fsp3) is 0.536. The fourth-order valence-electron chi connectivity index (χ4n) is 12.7. The predicted molar refractivity (Wildman–Crippen MR) is 283 cm³/mol. The number of amides is 1. The van der Waals surface area contributed by atoms with E-state index < -0.39 is 31.4 Å². The number of anilines is 2. The van der Waals surface area contributed by atoms with Crippen LogP contribution in [0.15, 0.2) is 77.8 Å². The minimum absolute atomic E-state index is 0.0383. The molecule has 0 radical (unpaired) electrons. The van der Waals surface area contributed by atoms with Crippen LogP contribution in [0, 0.1) is 26.9 Å². The van der Waals surface area contributed by atoms with Gasteiger partial charge in [0.15, 0.2) is 17.2 Å². The molecule has 3 saturated heterocycles. The van der Waals surface area contributed by atoms with Gasteiger partial charge in [-0.25, -0.2) is 13.1 Å². The number of aromatic nitrogens is 2. The molecule has 74 heavy (non-hydrogen) atoms. The molecule has 4 aliphatic heterocycles. The Bertz CT molecular complexity index is 3000. The van der Waals surface area contributed by atoms with Crippen molar-refractivity contribution in [1.82, 2.24) is 24.9 Å². The molecular formula is C56H70N8O9S. The zero-order valence-electron chi connectivity index (χ0n) is 43.0. The number of nitrogens with zero attached hydrogens (tertiary/aromatic N) is 4. The number of hydrogen-bond acceptors (Lipinski definition) is 14. The molecule has 2 saturated carbocycles. The Morgan fingerprint density at radius 3 is 2.53 bits per heavy atom. The quantitative estimate of drug-likeness (QED) is 0.0605. The van der Waals surface area contributed by atoms with Crippen LogP contribution >= 0.6 is 0 Å². The van der Waals surface area contributed by atoms with Crippen LogP contribution in [-0.2, 0) is 14.8 Å².